The zero-order chi connectivity index (χ0) is 37.4. The van der Waals surface area contributed by atoms with Gasteiger partial charge in [0.1, 0.15) is 37.1 Å². The number of nitrogens with zero attached hydrogens (tertiary/aromatic N) is 3. The van der Waals surface area contributed by atoms with Crippen LogP contribution in [0.15, 0.2) is 71.9 Å². The van der Waals surface area contributed by atoms with Crippen molar-refractivity contribution in [1.82, 2.24) is 9.80 Å². The van der Waals surface area contributed by atoms with E-state index in [4.69, 9.17) is 23.8 Å². The number of rotatable bonds is 19. The van der Waals surface area contributed by atoms with Gasteiger partial charge in [0.2, 0.25) is 5.79 Å². The number of carbonyl (C=O) groups is 1. The Bertz CT molecular complexity index is 1610. The standard InChI is InChI=1S/C41H54FN3O8/c1-4-22-52-41-37(45(40(48)49-2)27-28-11-13-30(42)14-12-28)26-35(43-50-3)33-24-29(9-5-7-20-46)32(10-6-8-21-47)38(39(33)41)34-25-31(15-16-36(34)53-41)51-23-19-44-17-18-44/h4,11-16,24-25,29,32,37-39,46-47H,1,5-10,17-23,26-27H2,2-3H3/t29-,32+,37-,38+,39+,41+/m0/s1. The van der Waals surface area contributed by atoms with Crippen molar-refractivity contribution < 1.29 is 43.2 Å². The Hall–Kier alpha value is -3.97. The first kappa shape index (κ1) is 38.7. The molecule has 2 aromatic rings. The second-order valence-electron chi connectivity index (χ2n) is 14.4. The van der Waals surface area contributed by atoms with Gasteiger partial charge in [-0.25, -0.2) is 9.18 Å². The lowest BCUT2D eigenvalue weighted by atomic mass is 9.55. The molecule has 0 bridgehead atoms. The quantitative estimate of drug-likeness (QED) is 0.0769. The first-order valence-corrected chi connectivity index (χ1v) is 18.9. The number of aliphatic hydroxyl groups excluding tert-OH is 2. The molecule has 1 amide bonds. The van der Waals surface area contributed by atoms with E-state index in [0.717, 1.165) is 62.2 Å². The number of hydrogen-bond acceptors (Lipinski definition) is 10. The fraction of sp³-hybridized carbons (Fsp3) is 0.561. The summed E-state index contributed by atoms with van der Waals surface area (Å²) in [4.78, 5) is 23.3. The summed E-state index contributed by atoms with van der Waals surface area (Å²) in [6.07, 6.45) is 8.29. The Morgan fingerprint density at radius 3 is 2.53 bits per heavy atom. The normalized spacial score (nSPS) is 26.5. The lowest BCUT2D eigenvalue weighted by Crippen LogP contribution is -2.70. The van der Waals surface area contributed by atoms with Crippen molar-refractivity contribution in [3.05, 3.63) is 83.7 Å². The van der Waals surface area contributed by atoms with Crippen LogP contribution in [0.1, 0.15) is 62.0 Å². The monoisotopic (exact) mass is 735 g/mol. The summed E-state index contributed by atoms with van der Waals surface area (Å²) < 4.78 is 39.9. The first-order chi connectivity index (χ1) is 25.9. The van der Waals surface area contributed by atoms with Gasteiger partial charge in [-0.1, -0.05) is 42.3 Å². The fourth-order valence-electron chi connectivity index (χ4n) is 8.64. The van der Waals surface area contributed by atoms with Gasteiger partial charge in [-0.05, 0) is 79.0 Å². The molecular weight excluding hydrogens is 681 g/mol. The molecular formula is C41H54FN3O8. The van der Waals surface area contributed by atoms with E-state index in [1.54, 1.807) is 23.1 Å². The Kier molecular flexibility index (Phi) is 13.1. The lowest BCUT2D eigenvalue weighted by Gasteiger charge is -2.59. The molecule has 53 heavy (non-hydrogen) atoms. The van der Waals surface area contributed by atoms with Gasteiger partial charge in [-0.2, -0.15) is 0 Å². The topological polar surface area (TPSA) is 122 Å². The Morgan fingerprint density at radius 1 is 1.09 bits per heavy atom. The number of oxime groups is 1. The Morgan fingerprint density at radius 2 is 1.85 bits per heavy atom. The number of hydrogen-bond donors (Lipinski definition) is 2. The third-order valence-electron chi connectivity index (χ3n) is 11.1. The predicted octanol–water partition coefficient (Wildman–Crippen LogP) is 6.05. The molecule has 6 atom stereocenters. The van der Waals surface area contributed by atoms with E-state index in [-0.39, 0.29) is 56.4 Å². The number of benzene rings is 2. The minimum Gasteiger partial charge on any atom is -0.492 e. The van der Waals surface area contributed by atoms with Gasteiger partial charge in [0, 0.05) is 57.3 Å². The summed E-state index contributed by atoms with van der Waals surface area (Å²) >= 11 is 0. The molecule has 11 nitrogen and oxygen atoms in total. The van der Waals surface area contributed by atoms with Crippen LogP contribution in [0.2, 0.25) is 0 Å². The van der Waals surface area contributed by atoms with Crippen LogP contribution in [-0.2, 0) is 20.9 Å². The predicted molar refractivity (Wildman–Crippen MR) is 198 cm³/mol. The van der Waals surface area contributed by atoms with Crippen molar-refractivity contribution in [3.63, 3.8) is 0 Å². The maximum Gasteiger partial charge on any atom is 0.410 e. The minimum absolute atomic E-state index is 0.0856. The molecule has 0 radical (unpaired) electrons. The average Bonchev–Trinajstić information content (AvgIpc) is 4.00. The van der Waals surface area contributed by atoms with Crippen LogP contribution in [0.5, 0.6) is 11.5 Å². The van der Waals surface area contributed by atoms with E-state index >= 15 is 0 Å². The zero-order valence-corrected chi connectivity index (χ0v) is 31.0. The third kappa shape index (κ3) is 8.56. The van der Waals surface area contributed by atoms with E-state index in [1.165, 1.54) is 26.4 Å². The molecule has 2 heterocycles. The summed E-state index contributed by atoms with van der Waals surface area (Å²) in [5.74, 6) is -0.843. The summed E-state index contributed by atoms with van der Waals surface area (Å²) in [5.41, 5.74) is 3.31. The number of aliphatic hydroxyl groups is 2. The van der Waals surface area contributed by atoms with Gasteiger partial charge in [-0.3, -0.25) is 9.80 Å². The molecule has 2 N–H and O–H groups in total. The maximum absolute atomic E-state index is 14.0. The van der Waals surface area contributed by atoms with Gasteiger partial charge in [0.25, 0.3) is 0 Å². The summed E-state index contributed by atoms with van der Waals surface area (Å²) in [6, 6.07) is 11.2. The number of methoxy groups -OCH3 is 1. The number of amides is 1. The van der Waals surface area contributed by atoms with E-state index in [1.807, 2.05) is 12.1 Å². The molecule has 1 saturated carbocycles. The van der Waals surface area contributed by atoms with Crippen LogP contribution in [0.3, 0.4) is 0 Å². The molecule has 12 heteroatoms. The number of allylic oxidation sites excluding steroid dienone is 1. The molecule has 0 spiro atoms. The molecule has 1 saturated heterocycles. The number of ether oxygens (including phenoxy) is 4. The smallest absolute Gasteiger partial charge is 0.410 e. The third-order valence-corrected chi connectivity index (χ3v) is 11.1. The number of unbranched alkanes of at least 4 members (excludes halogenated alkanes) is 2. The van der Waals surface area contributed by atoms with E-state index in [0.29, 0.717) is 36.5 Å². The van der Waals surface area contributed by atoms with Crippen LogP contribution in [0.4, 0.5) is 9.18 Å². The van der Waals surface area contributed by atoms with Crippen LogP contribution in [0, 0.1) is 23.6 Å². The summed E-state index contributed by atoms with van der Waals surface area (Å²) in [5, 5.41) is 24.2. The molecule has 0 unspecified atom stereocenters. The summed E-state index contributed by atoms with van der Waals surface area (Å²) in [6.45, 7) is 8.03. The highest BCUT2D eigenvalue weighted by molar-refractivity contribution is 6.02. The number of carbonyl (C=O) groups excluding carboxylic acids is 1. The van der Waals surface area contributed by atoms with Gasteiger partial charge in [-0.15, -0.1) is 6.58 Å². The second kappa shape index (κ2) is 17.9. The van der Waals surface area contributed by atoms with Crippen molar-refractivity contribution in [2.45, 2.75) is 69.2 Å². The van der Waals surface area contributed by atoms with Crippen LogP contribution < -0.4 is 9.47 Å². The van der Waals surface area contributed by atoms with Crippen LogP contribution >= 0.6 is 0 Å². The number of halogens is 1. The van der Waals surface area contributed by atoms with E-state index < -0.39 is 23.8 Å². The largest absolute Gasteiger partial charge is 0.492 e. The van der Waals surface area contributed by atoms with Crippen molar-refractivity contribution >= 4 is 11.8 Å². The molecule has 288 valence electrons. The molecule has 2 aliphatic heterocycles. The van der Waals surface area contributed by atoms with Crippen LogP contribution in [-0.4, -0.2) is 104 Å². The lowest BCUT2D eigenvalue weighted by molar-refractivity contribution is -0.256. The van der Waals surface area contributed by atoms with Crippen LogP contribution in [0.25, 0.3) is 0 Å². The Labute approximate surface area is 312 Å². The molecule has 2 aliphatic carbocycles. The fourth-order valence-corrected chi connectivity index (χ4v) is 8.64. The average molecular weight is 736 g/mol. The van der Waals surface area contributed by atoms with Crippen molar-refractivity contribution in [3.8, 4) is 11.5 Å². The molecule has 2 aromatic carbocycles. The van der Waals surface area contributed by atoms with Gasteiger partial charge in [0.05, 0.1) is 25.3 Å². The molecule has 4 aliphatic rings. The molecule has 6 rings (SSSR count). The Balaban J connectivity index is 1.54. The van der Waals surface area contributed by atoms with E-state index in [9.17, 15) is 19.4 Å². The van der Waals surface area contributed by atoms with Gasteiger partial charge < -0.3 is 34.0 Å². The second-order valence-corrected chi connectivity index (χ2v) is 14.4. The minimum atomic E-state index is -1.43. The molecule has 2 fully saturated rings. The zero-order valence-electron chi connectivity index (χ0n) is 31.0. The maximum atomic E-state index is 14.0. The highest BCUT2D eigenvalue weighted by atomic mass is 19.1. The van der Waals surface area contributed by atoms with Crippen molar-refractivity contribution in [2.24, 2.45) is 22.9 Å². The molecule has 0 aromatic heterocycles. The van der Waals surface area contributed by atoms with Crippen molar-refractivity contribution in [2.75, 3.05) is 60.3 Å². The number of fused-ring (bicyclic) bond motifs is 2. The first-order valence-electron chi connectivity index (χ1n) is 18.9. The SMILES string of the molecule is C=CCO[C@@]12Oc3ccc(OCCN4CC4)cc3[C@H]3[C@H](CCCCO)[C@@H](CCCCO)C=C(C(=NOC)C[C@@H]1N(Cc1ccc(F)cc1)C(=O)OC)[C@H]32. The highest BCUT2D eigenvalue weighted by Gasteiger charge is 2.65. The van der Waals surface area contributed by atoms with Gasteiger partial charge >= 0.3 is 6.09 Å². The summed E-state index contributed by atoms with van der Waals surface area (Å²) in [7, 11) is 2.85. The van der Waals surface area contributed by atoms with Gasteiger partial charge in [0.15, 0.2) is 0 Å². The van der Waals surface area contributed by atoms with E-state index in [2.05, 4.69) is 28.8 Å². The highest BCUT2D eigenvalue weighted by Crippen LogP contribution is 2.62. The van der Waals surface area contributed by atoms with Crippen molar-refractivity contribution in [1.29, 1.82) is 0 Å².